The number of carbonyl (C=O) groups is 3. The van der Waals surface area contributed by atoms with Crippen LogP contribution in [0.5, 0.6) is 0 Å². The van der Waals surface area contributed by atoms with Crippen LogP contribution in [0.4, 0.5) is 0 Å². The summed E-state index contributed by atoms with van der Waals surface area (Å²) >= 11 is 0. The minimum Gasteiger partial charge on any atom is -0.469 e. The molecular weight excluding hydrogens is 320 g/mol. The summed E-state index contributed by atoms with van der Waals surface area (Å²) in [6.07, 6.45) is 2.25. The van der Waals surface area contributed by atoms with Gasteiger partial charge in [0.1, 0.15) is 0 Å². The molecule has 6 nitrogen and oxygen atoms in total. The van der Waals surface area contributed by atoms with Gasteiger partial charge in [-0.1, -0.05) is 30.3 Å². The molecule has 0 spiro atoms. The zero-order valence-electron chi connectivity index (χ0n) is 14.8. The molecule has 6 heteroatoms. The molecule has 0 aromatic heterocycles. The van der Waals surface area contributed by atoms with Gasteiger partial charge in [0.25, 0.3) is 0 Å². The van der Waals surface area contributed by atoms with Crippen molar-refractivity contribution < 1.29 is 19.1 Å². The van der Waals surface area contributed by atoms with Crippen LogP contribution < -0.4 is 0 Å². The largest absolute Gasteiger partial charge is 0.469 e. The molecule has 1 aliphatic heterocycles. The molecule has 25 heavy (non-hydrogen) atoms. The predicted octanol–water partition coefficient (Wildman–Crippen LogP) is 1.63. The van der Waals surface area contributed by atoms with E-state index in [1.165, 1.54) is 7.11 Å². The van der Waals surface area contributed by atoms with E-state index in [9.17, 15) is 14.4 Å². The van der Waals surface area contributed by atoms with Gasteiger partial charge in [0.2, 0.25) is 11.8 Å². The van der Waals surface area contributed by atoms with Crippen LogP contribution in [0.15, 0.2) is 30.3 Å². The fourth-order valence-corrected chi connectivity index (χ4v) is 2.94. The summed E-state index contributed by atoms with van der Waals surface area (Å²) in [7, 11) is 1.32. The number of hydrogen-bond acceptors (Lipinski definition) is 4. The van der Waals surface area contributed by atoms with Crippen LogP contribution >= 0.6 is 0 Å². The van der Waals surface area contributed by atoms with Crippen molar-refractivity contribution in [2.24, 2.45) is 0 Å². The molecule has 0 unspecified atom stereocenters. The first kappa shape index (κ1) is 19.0. The Morgan fingerprint density at radius 3 is 2.08 bits per heavy atom. The molecule has 0 saturated carbocycles. The van der Waals surface area contributed by atoms with Gasteiger partial charge < -0.3 is 14.5 Å². The van der Waals surface area contributed by atoms with E-state index in [1.54, 1.807) is 4.90 Å². The molecule has 0 radical (unpaired) electrons. The smallest absolute Gasteiger partial charge is 0.306 e. The van der Waals surface area contributed by atoms with Crippen molar-refractivity contribution in [2.75, 3.05) is 33.3 Å². The molecule has 0 aliphatic carbocycles. The topological polar surface area (TPSA) is 66.9 Å². The van der Waals surface area contributed by atoms with Crippen molar-refractivity contribution in [3.63, 3.8) is 0 Å². The van der Waals surface area contributed by atoms with Gasteiger partial charge in [-0.2, -0.15) is 0 Å². The molecule has 1 aromatic carbocycles. The van der Waals surface area contributed by atoms with Crippen molar-refractivity contribution in [1.29, 1.82) is 0 Å². The summed E-state index contributed by atoms with van der Waals surface area (Å²) in [4.78, 5) is 39.3. The van der Waals surface area contributed by atoms with E-state index in [4.69, 9.17) is 0 Å². The highest BCUT2D eigenvalue weighted by Gasteiger charge is 2.22. The number of nitrogens with zero attached hydrogens (tertiary/aromatic N) is 2. The highest BCUT2D eigenvalue weighted by Crippen LogP contribution is 2.10. The van der Waals surface area contributed by atoms with Gasteiger partial charge in [0.05, 0.1) is 13.5 Å². The summed E-state index contributed by atoms with van der Waals surface area (Å²) < 4.78 is 4.56. The van der Waals surface area contributed by atoms with E-state index in [0.29, 0.717) is 32.6 Å². The Labute approximate surface area is 148 Å². The zero-order chi connectivity index (χ0) is 18.1. The summed E-state index contributed by atoms with van der Waals surface area (Å²) in [6.45, 7) is 2.38. The van der Waals surface area contributed by atoms with Gasteiger partial charge >= 0.3 is 5.97 Å². The molecule has 2 amide bonds. The van der Waals surface area contributed by atoms with Gasteiger partial charge in [0.15, 0.2) is 0 Å². The van der Waals surface area contributed by atoms with E-state index in [-0.39, 0.29) is 30.6 Å². The zero-order valence-corrected chi connectivity index (χ0v) is 14.8. The van der Waals surface area contributed by atoms with Crippen LogP contribution in [0.2, 0.25) is 0 Å². The lowest BCUT2D eigenvalue weighted by atomic mass is 10.1. The summed E-state index contributed by atoms with van der Waals surface area (Å²) in [5.74, 6) is -0.294. The van der Waals surface area contributed by atoms with Gasteiger partial charge in [-0.15, -0.1) is 0 Å². The van der Waals surface area contributed by atoms with Crippen molar-refractivity contribution in [3.05, 3.63) is 35.9 Å². The standard InChI is InChI=1S/C19H26N2O4/c1-25-19(24)11-10-18(23)21-13-5-12-20(14-15-21)17(22)9-8-16-6-3-2-4-7-16/h2-4,6-7H,5,8-15H2,1H3. The molecular formula is C19H26N2O4. The highest BCUT2D eigenvalue weighted by atomic mass is 16.5. The molecule has 0 atom stereocenters. The van der Waals surface area contributed by atoms with E-state index >= 15 is 0 Å². The Balaban J connectivity index is 1.77. The minimum absolute atomic E-state index is 0.0519. The third-order valence-corrected chi connectivity index (χ3v) is 4.44. The first-order valence-electron chi connectivity index (χ1n) is 8.76. The van der Waals surface area contributed by atoms with Crippen LogP contribution in [0, 0.1) is 0 Å². The third-order valence-electron chi connectivity index (χ3n) is 4.44. The normalized spacial score (nSPS) is 14.8. The maximum absolute atomic E-state index is 12.4. The second-order valence-corrected chi connectivity index (χ2v) is 6.18. The molecule has 2 rings (SSSR count). The van der Waals surface area contributed by atoms with E-state index in [0.717, 1.165) is 18.4 Å². The number of ether oxygens (including phenoxy) is 1. The van der Waals surface area contributed by atoms with Crippen LogP contribution in [0.1, 0.15) is 31.2 Å². The second kappa shape index (κ2) is 9.81. The minimum atomic E-state index is -0.374. The molecule has 0 bridgehead atoms. The van der Waals surface area contributed by atoms with Crippen LogP contribution in [-0.4, -0.2) is 60.9 Å². The number of carbonyl (C=O) groups excluding carboxylic acids is 3. The van der Waals surface area contributed by atoms with Crippen molar-refractivity contribution in [3.8, 4) is 0 Å². The van der Waals surface area contributed by atoms with E-state index < -0.39 is 0 Å². The molecule has 0 N–H and O–H groups in total. The first-order chi connectivity index (χ1) is 12.1. The number of benzene rings is 1. The van der Waals surface area contributed by atoms with Crippen LogP contribution in [-0.2, 0) is 25.5 Å². The van der Waals surface area contributed by atoms with Gasteiger partial charge in [-0.25, -0.2) is 0 Å². The van der Waals surface area contributed by atoms with Crippen molar-refractivity contribution in [2.45, 2.75) is 32.1 Å². The van der Waals surface area contributed by atoms with Crippen LogP contribution in [0.3, 0.4) is 0 Å². The fourth-order valence-electron chi connectivity index (χ4n) is 2.94. The lowest BCUT2D eigenvalue weighted by Gasteiger charge is -2.22. The van der Waals surface area contributed by atoms with Crippen molar-refractivity contribution >= 4 is 17.8 Å². The Morgan fingerprint density at radius 2 is 1.48 bits per heavy atom. The number of methoxy groups -OCH3 is 1. The number of amides is 2. The van der Waals surface area contributed by atoms with Crippen LogP contribution in [0.25, 0.3) is 0 Å². The summed E-state index contributed by atoms with van der Waals surface area (Å²) in [6, 6.07) is 9.97. The number of hydrogen-bond donors (Lipinski definition) is 0. The maximum atomic E-state index is 12.4. The molecule has 1 heterocycles. The molecule has 136 valence electrons. The Bertz CT molecular complexity index is 588. The Morgan fingerprint density at radius 1 is 0.880 bits per heavy atom. The molecule has 1 aromatic rings. The molecule has 1 saturated heterocycles. The Kier molecular flexibility index (Phi) is 7.44. The van der Waals surface area contributed by atoms with E-state index in [1.807, 2.05) is 35.2 Å². The summed E-state index contributed by atoms with van der Waals surface area (Å²) in [5, 5.41) is 0. The monoisotopic (exact) mass is 346 g/mol. The molecule has 1 fully saturated rings. The lowest BCUT2D eigenvalue weighted by Crippen LogP contribution is -2.37. The first-order valence-corrected chi connectivity index (χ1v) is 8.76. The second-order valence-electron chi connectivity index (χ2n) is 6.18. The summed E-state index contributed by atoms with van der Waals surface area (Å²) in [5.41, 5.74) is 1.16. The maximum Gasteiger partial charge on any atom is 0.306 e. The average Bonchev–Trinajstić information content (AvgIpc) is 2.91. The molecule has 1 aliphatic rings. The fraction of sp³-hybridized carbons (Fsp3) is 0.526. The third kappa shape index (κ3) is 6.21. The lowest BCUT2D eigenvalue weighted by molar-refractivity contribution is -0.143. The number of aryl methyl sites for hydroxylation is 1. The van der Waals surface area contributed by atoms with E-state index in [2.05, 4.69) is 4.74 Å². The average molecular weight is 346 g/mol. The van der Waals surface area contributed by atoms with Gasteiger partial charge in [-0.05, 0) is 18.4 Å². The van der Waals surface area contributed by atoms with Gasteiger partial charge in [-0.3, -0.25) is 14.4 Å². The highest BCUT2D eigenvalue weighted by molar-refractivity contribution is 5.81. The predicted molar refractivity (Wildman–Crippen MR) is 93.8 cm³/mol. The van der Waals surface area contributed by atoms with Gasteiger partial charge in [0, 0.05) is 39.0 Å². The number of esters is 1. The SMILES string of the molecule is COC(=O)CCC(=O)N1CCCN(C(=O)CCc2ccccc2)CC1. The quantitative estimate of drug-likeness (QED) is 0.735. The number of rotatable bonds is 6. The Hall–Kier alpha value is -2.37. The van der Waals surface area contributed by atoms with Crippen molar-refractivity contribution in [1.82, 2.24) is 9.80 Å².